The summed E-state index contributed by atoms with van der Waals surface area (Å²) in [5.41, 5.74) is 0.270. The first-order valence-electron chi connectivity index (χ1n) is 10.0. The van der Waals surface area contributed by atoms with Crippen molar-refractivity contribution in [3.8, 4) is 0 Å². The summed E-state index contributed by atoms with van der Waals surface area (Å²) >= 11 is 1.83. The van der Waals surface area contributed by atoms with Crippen molar-refractivity contribution in [2.24, 2.45) is 4.99 Å². The van der Waals surface area contributed by atoms with Crippen LogP contribution in [0, 0.1) is 0 Å². The third-order valence-corrected chi connectivity index (χ3v) is 6.82. The van der Waals surface area contributed by atoms with Gasteiger partial charge in [-0.3, -0.25) is 9.89 Å². The van der Waals surface area contributed by atoms with Gasteiger partial charge < -0.3 is 15.0 Å². The minimum Gasteiger partial charge on any atom is -0.379 e. The first kappa shape index (κ1) is 19.6. The first-order valence-corrected chi connectivity index (χ1v) is 10.9. The summed E-state index contributed by atoms with van der Waals surface area (Å²) < 4.78 is 5.59. The average Bonchev–Trinajstić information content (AvgIpc) is 3.22. The van der Waals surface area contributed by atoms with Crippen LogP contribution in [0.1, 0.15) is 37.0 Å². The van der Waals surface area contributed by atoms with Crippen LogP contribution in [0.4, 0.5) is 0 Å². The number of likely N-dealkylation sites (N-methyl/N-ethyl adjacent to an activating group) is 1. The van der Waals surface area contributed by atoms with Gasteiger partial charge >= 0.3 is 0 Å². The summed E-state index contributed by atoms with van der Waals surface area (Å²) in [6, 6.07) is 4.34. The van der Waals surface area contributed by atoms with E-state index < -0.39 is 0 Å². The summed E-state index contributed by atoms with van der Waals surface area (Å²) in [5.74, 6) is 1.01. The third-order valence-electron chi connectivity index (χ3n) is 5.89. The van der Waals surface area contributed by atoms with Gasteiger partial charge in [0.1, 0.15) is 0 Å². The molecule has 0 atom stereocenters. The van der Waals surface area contributed by atoms with E-state index in [1.54, 1.807) is 0 Å². The van der Waals surface area contributed by atoms with E-state index in [1.807, 2.05) is 18.4 Å². The van der Waals surface area contributed by atoms with Crippen molar-refractivity contribution in [2.75, 3.05) is 53.5 Å². The molecule has 1 aliphatic carbocycles. The molecule has 1 N–H and O–H groups in total. The maximum Gasteiger partial charge on any atom is 0.193 e. The zero-order chi connectivity index (χ0) is 18.2. The van der Waals surface area contributed by atoms with Crippen molar-refractivity contribution in [3.05, 3.63) is 22.4 Å². The number of thiophene rings is 1. The van der Waals surface area contributed by atoms with Gasteiger partial charge in [-0.25, -0.2) is 0 Å². The molecule has 0 radical (unpaired) electrons. The molecule has 0 amide bonds. The van der Waals surface area contributed by atoms with Crippen LogP contribution in [0.5, 0.6) is 0 Å². The number of ether oxygens (including phenoxy) is 1. The van der Waals surface area contributed by atoms with Crippen LogP contribution in [-0.2, 0) is 11.2 Å². The summed E-state index contributed by atoms with van der Waals surface area (Å²) in [7, 11) is 4.04. The molecule has 1 aromatic heterocycles. The quantitative estimate of drug-likeness (QED) is 0.610. The van der Waals surface area contributed by atoms with Crippen LogP contribution < -0.4 is 5.32 Å². The molecule has 0 unspecified atom stereocenters. The highest BCUT2D eigenvalue weighted by Gasteiger charge is 2.38. The molecule has 1 aromatic rings. The molecule has 2 fully saturated rings. The molecule has 1 saturated carbocycles. The van der Waals surface area contributed by atoms with Gasteiger partial charge in [0.15, 0.2) is 5.96 Å². The Bertz CT molecular complexity index is 548. The lowest BCUT2D eigenvalue weighted by molar-refractivity contribution is -0.0354. The molecule has 1 saturated heterocycles. The smallest absolute Gasteiger partial charge is 0.193 e. The first-order chi connectivity index (χ1) is 12.7. The molecule has 1 aliphatic heterocycles. The maximum absolute atomic E-state index is 5.59. The largest absolute Gasteiger partial charge is 0.379 e. The van der Waals surface area contributed by atoms with Crippen molar-refractivity contribution < 1.29 is 4.74 Å². The minimum absolute atomic E-state index is 0.270. The zero-order valence-electron chi connectivity index (χ0n) is 16.4. The Kier molecular flexibility index (Phi) is 7.34. The summed E-state index contributed by atoms with van der Waals surface area (Å²) in [5, 5.41) is 5.85. The molecule has 2 aliphatic rings. The molecule has 0 aromatic carbocycles. The number of nitrogens with one attached hydrogen (secondary N) is 1. The predicted octanol–water partition coefficient (Wildman–Crippen LogP) is 2.83. The molecule has 3 rings (SSSR count). The molecule has 0 bridgehead atoms. The number of morpholine rings is 1. The van der Waals surface area contributed by atoms with Gasteiger partial charge in [-0.15, -0.1) is 11.3 Å². The highest BCUT2D eigenvalue weighted by atomic mass is 32.1. The van der Waals surface area contributed by atoms with Crippen LogP contribution in [0.3, 0.4) is 0 Å². The van der Waals surface area contributed by atoms with E-state index >= 15 is 0 Å². The third kappa shape index (κ3) is 4.99. The monoisotopic (exact) mass is 378 g/mol. The van der Waals surface area contributed by atoms with Gasteiger partial charge in [0, 0.05) is 50.7 Å². The van der Waals surface area contributed by atoms with E-state index in [9.17, 15) is 0 Å². The Morgan fingerprint density at radius 3 is 2.73 bits per heavy atom. The van der Waals surface area contributed by atoms with Crippen LogP contribution in [0.15, 0.2) is 22.5 Å². The van der Waals surface area contributed by atoms with E-state index in [4.69, 9.17) is 4.74 Å². The molecule has 0 spiro atoms. The Labute approximate surface area is 162 Å². The fourth-order valence-electron chi connectivity index (χ4n) is 4.32. The van der Waals surface area contributed by atoms with E-state index in [0.29, 0.717) is 0 Å². The lowest BCUT2D eigenvalue weighted by Gasteiger charge is -2.48. The van der Waals surface area contributed by atoms with Gasteiger partial charge in [0.2, 0.25) is 0 Å². The topological polar surface area (TPSA) is 40.1 Å². The Morgan fingerprint density at radius 1 is 1.31 bits per heavy atom. The minimum atomic E-state index is 0.270. The summed E-state index contributed by atoms with van der Waals surface area (Å²) in [4.78, 5) is 10.9. The summed E-state index contributed by atoms with van der Waals surface area (Å²) in [6.45, 7) is 5.85. The molecule has 5 nitrogen and oxygen atoms in total. The lowest BCUT2D eigenvalue weighted by atomic mass is 9.80. The normalized spacial score (nSPS) is 21.5. The van der Waals surface area contributed by atoms with Crippen LogP contribution in [0.25, 0.3) is 0 Å². The van der Waals surface area contributed by atoms with Crippen molar-refractivity contribution in [2.45, 2.75) is 44.1 Å². The number of guanidine groups is 1. The van der Waals surface area contributed by atoms with Gasteiger partial charge in [0.25, 0.3) is 0 Å². The SMILES string of the molecule is CN=C(NCC1(N2CCOCC2)CCCCC1)N(C)CCc1cccs1. The molecular formula is C20H34N4OS. The molecule has 2 heterocycles. The second-order valence-corrected chi connectivity index (χ2v) is 8.57. The van der Waals surface area contributed by atoms with Gasteiger partial charge in [-0.2, -0.15) is 0 Å². The number of rotatable bonds is 6. The second kappa shape index (κ2) is 9.72. The second-order valence-electron chi connectivity index (χ2n) is 7.54. The van der Waals surface area contributed by atoms with Crippen molar-refractivity contribution >= 4 is 17.3 Å². The Balaban J connectivity index is 1.57. The molecular weight excluding hydrogens is 344 g/mol. The summed E-state index contributed by atoms with van der Waals surface area (Å²) in [6.07, 6.45) is 7.70. The molecule has 6 heteroatoms. The van der Waals surface area contributed by atoms with E-state index in [1.165, 1.54) is 37.0 Å². The Morgan fingerprint density at radius 2 is 2.08 bits per heavy atom. The zero-order valence-corrected chi connectivity index (χ0v) is 17.2. The van der Waals surface area contributed by atoms with E-state index in [0.717, 1.165) is 51.8 Å². The van der Waals surface area contributed by atoms with Crippen LogP contribution >= 0.6 is 11.3 Å². The fourth-order valence-corrected chi connectivity index (χ4v) is 5.02. The number of hydrogen-bond acceptors (Lipinski definition) is 4. The van der Waals surface area contributed by atoms with Crippen molar-refractivity contribution in [1.29, 1.82) is 0 Å². The van der Waals surface area contributed by atoms with Gasteiger partial charge in [-0.1, -0.05) is 25.3 Å². The number of aliphatic imine (C=N–C) groups is 1. The lowest BCUT2D eigenvalue weighted by Crippen LogP contribution is -2.60. The molecule has 146 valence electrons. The van der Waals surface area contributed by atoms with Crippen LogP contribution in [-0.4, -0.2) is 74.8 Å². The van der Waals surface area contributed by atoms with Crippen molar-refractivity contribution in [3.63, 3.8) is 0 Å². The average molecular weight is 379 g/mol. The van der Waals surface area contributed by atoms with Crippen molar-refractivity contribution in [1.82, 2.24) is 15.1 Å². The van der Waals surface area contributed by atoms with E-state index in [-0.39, 0.29) is 5.54 Å². The Hall–Kier alpha value is -1.11. The highest BCUT2D eigenvalue weighted by Crippen LogP contribution is 2.33. The molecule has 26 heavy (non-hydrogen) atoms. The van der Waals surface area contributed by atoms with Gasteiger partial charge in [0.05, 0.1) is 13.2 Å². The van der Waals surface area contributed by atoms with Crippen LogP contribution in [0.2, 0.25) is 0 Å². The van der Waals surface area contributed by atoms with E-state index in [2.05, 4.69) is 44.7 Å². The predicted molar refractivity (Wildman–Crippen MR) is 110 cm³/mol. The number of nitrogens with zero attached hydrogens (tertiary/aromatic N) is 3. The van der Waals surface area contributed by atoms with Gasteiger partial charge in [-0.05, 0) is 30.7 Å². The fraction of sp³-hybridized carbons (Fsp3) is 0.750. The number of hydrogen-bond donors (Lipinski definition) is 1. The standard InChI is InChI=1S/C20H34N4OS/c1-21-19(23(2)11-8-18-7-6-16-26-18)22-17-20(9-4-3-5-10-20)24-12-14-25-15-13-24/h6-7,16H,3-5,8-15,17H2,1-2H3,(H,21,22). The maximum atomic E-state index is 5.59. The highest BCUT2D eigenvalue weighted by molar-refractivity contribution is 7.09.